The Kier molecular flexibility index (Phi) is 6.36. The van der Waals surface area contributed by atoms with Crippen LogP contribution in [0.4, 0.5) is 0 Å². The highest BCUT2D eigenvalue weighted by atomic mass is 32.2. The van der Waals surface area contributed by atoms with Gasteiger partial charge in [0.1, 0.15) is 0 Å². The third-order valence-corrected chi connectivity index (χ3v) is 6.72. The first-order valence-corrected chi connectivity index (χ1v) is 10.5. The van der Waals surface area contributed by atoms with Crippen LogP contribution < -0.4 is 5.46 Å². The number of aliphatic hydroxyl groups excluding tert-OH is 2. The van der Waals surface area contributed by atoms with Gasteiger partial charge in [0, 0.05) is 36.2 Å². The van der Waals surface area contributed by atoms with Gasteiger partial charge in [-0.05, 0) is 40.5 Å². The number of amides is 1. The molecule has 1 aromatic heterocycles. The number of aromatic nitrogens is 2. The minimum absolute atomic E-state index is 0.00470. The van der Waals surface area contributed by atoms with Crippen LogP contribution in [-0.2, 0) is 14.1 Å². The molecule has 1 aromatic rings. The normalized spacial score (nSPS) is 24.6. The van der Waals surface area contributed by atoms with Crippen molar-refractivity contribution in [2.24, 2.45) is 0 Å². The third kappa shape index (κ3) is 4.36. The van der Waals surface area contributed by atoms with E-state index in [1.165, 1.54) is 11.8 Å². The molecule has 2 N–H and O–H groups in total. The molecule has 2 saturated heterocycles. The van der Waals surface area contributed by atoms with E-state index in [4.69, 9.17) is 14.4 Å². The highest BCUT2D eigenvalue weighted by molar-refractivity contribution is 7.99. The molecule has 28 heavy (non-hydrogen) atoms. The van der Waals surface area contributed by atoms with E-state index < -0.39 is 36.9 Å². The van der Waals surface area contributed by atoms with E-state index in [1.54, 1.807) is 17.3 Å². The molecule has 0 aromatic carbocycles. The van der Waals surface area contributed by atoms with Crippen LogP contribution in [-0.4, -0.2) is 80.4 Å². The standard InChI is InChI=1S/C18H28BN3O5S/c1-17(2)18(3,4)27-19(26-17)12-8-20-16(21-9-12)28-11-13-6-5-7-22(13)15(25)14(24)10-23/h8-9,13-14,23-24H,5-7,10-11H2,1-4H3/t13-,14+/m1/s1. The Hall–Kier alpha value is -1.20. The molecule has 0 aliphatic carbocycles. The van der Waals surface area contributed by atoms with Gasteiger partial charge in [-0.3, -0.25) is 4.79 Å². The maximum Gasteiger partial charge on any atom is 0.498 e. The molecule has 3 rings (SSSR count). The van der Waals surface area contributed by atoms with Crippen molar-refractivity contribution in [2.45, 2.75) is 69.0 Å². The van der Waals surface area contributed by atoms with E-state index in [2.05, 4.69) is 9.97 Å². The summed E-state index contributed by atoms with van der Waals surface area (Å²) in [6.45, 7) is 8.04. The zero-order valence-electron chi connectivity index (χ0n) is 16.8. The van der Waals surface area contributed by atoms with E-state index in [0.29, 0.717) is 17.5 Å². The number of carbonyl (C=O) groups excluding carboxylic acids is 1. The molecule has 2 aliphatic rings. The van der Waals surface area contributed by atoms with Crippen molar-refractivity contribution in [2.75, 3.05) is 18.9 Å². The maximum absolute atomic E-state index is 12.1. The fourth-order valence-corrected chi connectivity index (χ4v) is 4.18. The molecule has 1 amide bonds. The van der Waals surface area contributed by atoms with Gasteiger partial charge >= 0.3 is 7.12 Å². The molecule has 3 heterocycles. The minimum Gasteiger partial charge on any atom is -0.399 e. The zero-order chi connectivity index (χ0) is 20.5. The number of hydrogen-bond acceptors (Lipinski definition) is 8. The lowest BCUT2D eigenvalue weighted by atomic mass is 9.81. The van der Waals surface area contributed by atoms with Crippen LogP contribution in [0.3, 0.4) is 0 Å². The number of likely N-dealkylation sites (tertiary alicyclic amines) is 1. The Bertz CT molecular complexity index is 687. The molecule has 0 radical (unpaired) electrons. The van der Waals surface area contributed by atoms with Crippen molar-refractivity contribution in [1.82, 2.24) is 14.9 Å². The Morgan fingerprint density at radius 1 is 1.32 bits per heavy atom. The maximum atomic E-state index is 12.1. The summed E-state index contributed by atoms with van der Waals surface area (Å²) in [4.78, 5) is 22.6. The number of aliphatic hydroxyl groups is 2. The molecule has 0 spiro atoms. The molecule has 154 valence electrons. The first-order valence-electron chi connectivity index (χ1n) is 9.54. The lowest BCUT2D eigenvalue weighted by Gasteiger charge is -2.32. The summed E-state index contributed by atoms with van der Waals surface area (Å²) in [5, 5.41) is 19.2. The number of hydrogen-bond donors (Lipinski definition) is 2. The van der Waals surface area contributed by atoms with Crippen molar-refractivity contribution >= 4 is 30.3 Å². The van der Waals surface area contributed by atoms with Crippen molar-refractivity contribution < 1.29 is 24.3 Å². The van der Waals surface area contributed by atoms with Crippen LogP contribution >= 0.6 is 11.8 Å². The van der Waals surface area contributed by atoms with Crippen molar-refractivity contribution in [3.05, 3.63) is 12.4 Å². The molecule has 2 aliphatic heterocycles. The lowest BCUT2D eigenvalue weighted by molar-refractivity contribution is -0.142. The smallest absolute Gasteiger partial charge is 0.399 e. The van der Waals surface area contributed by atoms with Crippen molar-refractivity contribution in [1.29, 1.82) is 0 Å². The van der Waals surface area contributed by atoms with Gasteiger partial charge in [0.25, 0.3) is 5.91 Å². The molecular formula is C18H28BN3O5S. The molecule has 0 bridgehead atoms. The SMILES string of the molecule is CC1(C)OB(c2cnc(SC[C@H]3CCCN3C(=O)[C@@H](O)CO)nc2)OC1(C)C. The lowest BCUT2D eigenvalue weighted by Crippen LogP contribution is -2.44. The topological polar surface area (TPSA) is 105 Å². The van der Waals surface area contributed by atoms with E-state index >= 15 is 0 Å². The summed E-state index contributed by atoms with van der Waals surface area (Å²) < 4.78 is 12.0. The molecule has 10 heteroatoms. The summed E-state index contributed by atoms with van der Waals surface area (Å²) in [5.41, 5.74) is -0.0579. The predicted octanol–water partition coefficient (Wildman–Crippen LogP) is 0.212. The van der Waals surface area contributed by atoms with Crippen LogP contribution in [0.2, 0.25) is 0 Å². The van der Waals surface area contributed by atoms with E-state index in [1.807, 2.05) is 27.7 Å². The Labute approximate surface area is 170 Å². The monoisotopic (exact) mass is 409 g/mol. The zero-order valence-corrected chi connectivity index (χ0v) is 17.6. The van der Waals surface area contributed by atoms with Crippen LogP contribution in [0.1, 0.15) is 40.5 Å². The predicted molar refractivity (Wildman–Crippen MR) is 106 cm³/mol. The number of nitrogens with zero attached hydrogens (tertiary/aromatic N) is 3. The Morgan fingerprint density at radius 2 is 1.93 bits per heavy atom. The summed E-state index contributed by atoms with van der Waals surface area (Å²) >= 11 is 1.47. The second kappa shape index (κ2) is 8.27. The molecule has 2 fully saturated rings. The van der Waals surface area contributed by atoms with Gasteiger partial charge in [-0.1, -0.05) is 11.8 Å². The minimum atomic E-state index is -1.35. The van der Waals surface area contributed by atoms with Gasteiger partial charge in [0.15, 0.2) is 11.3 Å². The van der Waals surface area contributed by atoms with Gasteiger partial charge in [-0.2, -0.15) is 0 Å². The number of rotatable bonds is 6. The summed E-state index contributed by atoms with van der Waals surface area (Å²) in [6.07, 6.45) is 3.83. The summed E-state index contributed by atoms with van der Waals surface area (Å²) in [5.74, 6) is 0.224. The van der Waals surface area contributed by atoms with Gasteiger partial charge in [-0.25, -0.2) is 9.97 Å². The van der Waals surface area contributed by atoms with Gasteiger partial charge in [0.05, 0.1) is 17.8 Å². The van der Waals surface area contributed by atoms with Crippen LogP contribution in [0.5, 0.6) is 0 Å². The highest BCUT2D eigenvalue weighted by Crippen LogP contribution is 2.36. The largest absolute Gasteiger partial charge is 0.498 e. The van der Waals surface area contributed by atoms with E-state index in [9.17, 15) is 9.90 Å². The Morgan fingerprint density at radius 3 is 2.50 bits per heavy atom. The first kappa shape index (κ1) is 21.5. The quantitative estimate of drug-likeness (QED) is 0.391. The van der Waals surface area contributed by atoms with E-state index in [0.717, 1.165) is 18.3 Å². The average molecular weight is 409 g/mol. The molecule has 2 atom stereocenters. The highest BCUT2D eigenvalue weighted by Gasteiger charge is 2.52. The van der Waals surface area contributed by atoms with Crippen LogP contribution in [0.25, 0.3) is 0 Å². The Balaban J connectivity index is 1.57. The van der Waals surface area contributed by atoms with Crippen LogP contribution in [0, 0.1) is 0 Å². The van der Waals surface area contributed by atoms with E-state index in [-0.39, 0.29) is 6.04 Å². The number of thioether (sulfide) groups is 1. The molecule has 8 nitrogen and oxygen atoms in total. The summed E-state index contributed by atoms with van der Waals surface area (Å²) in [7, 11) is -0.494. The molecular weight excluding hydrogens is 381 g/mol. The molecule has 0 unspecified atom stereocenters. The van der Waals surface area contributed by atoms with Crippen molar-refractivity contribution in [3.63, 3.8) is 0 Å². The van der Waals surface area contributed by atoms with Crippen molar-refractivity contribution in [3.8, 4) is 0 Å². The van der Waals surface area contributed by atoms with Crippen LogP contribution in [0.15, 0.2) is 17.6 Å². The fraction of sp³-hybridized carbons (Fsp3) is 0.722. The average Bonchev–Trinajstić information content (AvgIpc) is 3.20. The van der Waals surface area contributed by atoms with Gasteiger partial charge in [0.2, 0.25) is 0 Å². The summed E-state index contributed by atoms with van der Waals surface area (Å²) in [6, 6.07) is 0.00470. The first-order chi connectivity index (χ1) is 13.1. The van der Waals surface area contributed by atoms with Gasteiger partial charge in [-0.15, -0.1) is 0 Å². The second-order valence-electron chi connectivity index (χ2n) is 8.22. The fourth-order valence-electron chi connectivity index (χ4n) is 3.24. The number of carbonyl (C=O) groups is 1. The second-order valence-corrected chi connectivity index (χ2v) is 9.21. The van der Waals surface area contributed by atoms with Gasteiger partial charge < -0.3 is 24.4 Å². The third-order valence-electron chi connectivity index (χ3n) is 5.70. The molecule has 0 saturated carbocycles.